The van der Waals surface area contributed by atoms with Gasteiger partial charge in [-0.15, -0.1) is 0 Å². The molecule has 0 aliphatic rings. The molecule has 0 saturated carbocycles. The molecular weight excluding hydrogens is 246 g/mol. The first-order valence-electron chi connectivity index (χ1n) is 6.26. The summed E-state index contributed by atoms with van der Waals surface area (Å²) < 4.78 is 0. The molecule has 2 N–H and O–H groups in total. The summed E-state index contributed by atoms with van der Waals surface area (Å²) in [5, 5.41) is 10.3. The van der Waals surface area contributed by atoms with E-state index in [4.69, 9.17) is 0 Å². The predicted octanol–water partition coefficient (Wildman–Crippen LogP) is 2.70. The van der Waals surface area contributed by atoms with E-state index < -0.39 is 0 Å². The first kappa shape index (κ1) is 13.2. The SMILES string of the molecule is CCN(CC)CCSc1nc2ccc(O)cc2[nH]1. The molecular formula is C13H19N3OS. The highest BCUT2D eigenvalue weighted by atomic mass is 32.2. The van der Waals surface area contributed by atoms with Gasteiger partial charge in [0, 0.05) is 18.4 Å². The van der Waals surface area contributed by atoms with Crippen LogP contribution >= 0.6 is 11.8 Å². The van der Waals surface area contributed by atoms with E-state index in [-0.39, 0.29) is 5.75 Å². The zero-order valence-corrected chi connectivity index (χ0v) is 11.6. The number of fused-ring (bicyclic) bond motifs is 1. The fourth-order valence-electron chi connectivity index (χ4n) is 1.85. The number of rotatable bonds is 6. The Morgan fingerprint density at radius 1 is 1.33 bits per heavy atom. The number of aromatic hydroxyl groups is 1. The zero-order chi connectivity index (χ0) is 13.0. The second-order valence-corrected chi connectivity index (χ2v) is 5.20. The van der Waals surface area contributed by atoms with E-state index in [1.165, 1.54) is 0 Å². The predicted molar refractivity (Wildman–Crippen MR) is 76.3 cm³/mol. The van der Waals surface area contributed by atoms with Crippen LogP contribution in [0.25, 0.3) is 11.0 Å². The molecule has 2 rings (SSSR count). The van der Waals surface area contributed by atoms with Crippen molar-refractivity contribution in [2.45, 2.75) is 19.0 Å². The molecule has 0 bridgehead atoms. The number of imidazole rings is 1. The second kappa shape index (κ2) is 6.11. The van der Waals surface area contributed by atoms with Gasteiger partial charge in [0.1, 0.15) is 5.75 Å². The second-order valence-electron chi connectivity index (χ2n) is 4.12. The topological polar surface area (TPSA) is 52.1 Å². The van der Waals surface area contributed by atoms with Gasteiger partial charge in [0.25, 0.3) is 0 Å². The Morgan fingerprint density at radius 2 is 2.11 bits per heavy atom. The summed E-state index contributed by atoms with van der Waals surface area (Å²) in [5.41, 5.74) is 1.79. The average Bonchev–Trinajstić information content (AvgIpc) is 2.76. The Kier molecular flexibility index (Phi) is 4.49. The Hall–Kier alpha value is -1.20. The van der Waals surface area contributed by atoms with Crippen molar-refractivity contribution in [1.82, 2.24) is 14.9 Å². The standard InChI is InChI=1S/C13H19N3OS/c1-3-16(4-2)7-8-18-13-14-11-6-5-10(17)9-12(11)15-13/h5-6,9,17H,3-4,7-8H2,1-2H3,(H,14,15). The fourth-order valence-corrected chi connectivity index (χ4v) is 2.74. The highest BCUT2D eigenvalue weighted by Gasteiger charge is 2.05. The van der Waals surface area contributed by atoms with Crippen LogP contribution in [0.3, 0.4) is 0 Å². The van der Waals surface area contributed by atoms with Crippen LogP contribution in [0, 0.1) is 0 Å². The molecule has 0 unspecified atom stereocenters. The molecule has 1 heterocycles. The maximum atomic E-state index is 9.39. The quantitative estimate of drug-likeness (QED) is 0.789. The van der Waals surface area contributed by atoms with Crippen LogP contribution in [-0.2, 0) is 0 Å². The van der Waals surface area contributed by atoms with Crippen LogP contribution in [-0.4, -0.2) is 45.4 Å². The third-order valence-corrected chi connectivity index (χ3v) is 3.84. The van der Waals surface area contributed by atoms with Crippen LogP contribution in [0.2, 0.25) is 0 Å². The van der Waals surface area contributed by atoms with E-state index in [1.54, 1.807) is 23.9 Å². The maximum Gasteiger partial charge on any atom is 0.166 e. The largest absolute Gasteiger partial charge is 0.508 e. The molecule has 98 valence electrons. The molecule has 0 amide bonds. The minimum atomic E-state index is 0.269. The lowest BCUT2D eigenvalue weighted by atomic mass is 10.3. The third kappa shape index (κ3) is 3.17. The molecule has 0 aliphatic carbocycles. The molecule has 0 fully saturated rings. The van der Waals surface area contributed by atoms with Crippen molar-refractivity contribution < 1.29 is 5.11 Å². The van der Waals surface area contributed by atoms with Gasteiger partial charge in [-0.05, 0) is 25.2 Å². The van der Waals surface area contributed by atoms with Gasteiger partial charge in [-0.2, -0.15) is 0 Å². The summed E-state index contributed by atoms with van der Waals surface area (Å²) in [4.78, 5) is 10.1. The lowest BCUT2D eigenvalue weighted by Crippen LogP contribution is -2.25. The number of hydrogen-bond acceptors (Lipinski definition) is 4. The number of thioether (sulfide) groups is 1. The first-order valence-corrected chi connectivity index (χ1v) is 7.25. The van der Waals surface area contributed by atoms with E-state index >= 15 is 0 Å². The Bertz CT molecular complexity index is 508. The summed E-state index contributed by atoms with van der Waals surface area (Å²) in [6, 6.07) is 5.19. The van der Waals surface area contributed by atoms with Gasteiger partial charge in [-0.3, -0.25) is 0 Å². The van der Waals surface area contributed by atoms with Crippen molar-refractivity contribution >= 4 is 22.8 Å². The number of nitrogens with zero attached hydrogens (tertiary/aromatic N) is 2. The van der Waals surface area contributed by atoms with Gasteiger partial charge < -0.3 is 15.0 Å². The van der Waals surface area contributed by atoms with E-state index in [2.05, 4.69) is 28.7 Å². The monoisotopic (exact) mass is 265 g/mol. The molecule has 0 spiro atoms. The number of hydrogen-bond donors (Lipinski definition) is 2. The first-order chi connectivity index (χ1) is 8.72. The van der Waals surface area contributed by atoms with Crippen molar-refractivity contribution in [2.75, 3.05) is 25.4 Å². The van der Waals surface area contributed by atoms with E-state index in [9.17, 15) is 5.11 Å². The summed E-state index contributed by atoms with van der Waals surface area (Å²) in [6.07, 6.45) is 0. The lowest BCUT2D eigenvalue weighted by molar-refractivity contribution is 0.324. The van der Waals surface area contributed by atoms with Crippen LogP contribution in [0.15, 0.2) is 23.4 Å². The van der Waals surface area contributed by atoms with Crippen LogP contribution in [0.1, 0.15) is 13.8 Å². The van der Waals surface area contributed by atoms with Gasteiger partial charge in [0.15, 0.2) is 5.16 Å². The molecule has 2 aromatic rings. The van der Waals surface area contributed by atoms with E-state index in [0.717, 1.165) is 41.6 Å². The number of nitrogens with one attached hydrogen (secondary N) is 1. The van der Waals surface area contributed by atoms with Crippen molar-refractivity contribution in [3.8, 4) is 5.75 Å². The Labute approximate surface area is 111 Å². The minimum Gasteiger partial charge on any atom is -0.508 e. The zero-order valence-electron chi connectivity index (χ0n) is 10.8. The summed E-state index contributed by atoms with van der Waals surface area (Å²) in [5.74, 6) is 1.29. The van der Waals surface area contributed by atoms with Gasteiger partial charge in [-0.25, -0.2) is 4.98 Å². The highest BCUT2D eigenvalue weighted by molar-refractivity contribution is 7.99. The van der Waals surface area contributed by atoms with Gasteiger partial charge in [0.2, 0.25) is 0 Å². The van der Waals surface area contributed by atoms with Crippen molar-refractivity contribution in [2.24, 2.45) is 0 Å². The van der Waals surface area contributed by atoms with Crippen LogP contribution in [0.4, 0.5) is 0 Å². The summed E-state index contributed by atoms with van der Waals surface area (Å²) in [7, 11) is 0. The lowest BCUT2D eigenvalue weighted by Gasteiger charge is -2.16. The number of phenols is 1. The van der Waals surface area contributed by atoms with Gasteiger partial charge in [-0.1, -0.05) is 25.6 Å². The molecule has 1 aromatic carbocycles. The minimum absolute atomic E-state index is 0.269. The molecule has 1 aromatic heterocycles. The number of benzene rings is 1. The average molecular weight is 265 g/mol. The Balaban J connectivity index is 1.95. The molecule has 0 radical (unpaired) electrons. The number of aromatic amines is 1. The molecule has 0 saturated heterocycles. The van der Waals surface area contributed by atoms with Crippen molar-refractivity contribution in [3.05, 3.63) is 18.2 Å². The smallest absolute Gasteiger partial charge is 0.166 e. The maximum absolute atomic E-state index is 9.39. The van der Waals surface area contributed by atoms with Crippen molar-refractivity contribution in [3.63, 3.8) is 0 Å². The van der Waals surface area contributed by atoms with Crippen molar-refractivity contribution in [1.29, 1.82) is 0 Å². The summed E-state index contributed by atoms with van der Waals surface area (Å²) in [6.45, 7) is 7.60. The third-order valence-electron chi connectivity index (χ3n) is 2.98. The molecule has 4 nitrogen and oxygen atoms in total. The normalized spacial score (nSPS) is 11.5. The molecule has 5 heteroatoms. The van der Waals surface area contributed by atoms with Gasteiger partial charge >= 0.3 is 0 Å². The molecule has 0 atom stereocenters. The van der Waals surface area contributed by atoms with E-state index in [1.807, 2.05) is 6.07 Å². The number of phenolic OH excluding ortho intramolecular Hbond substituents is 1. The van der Waals surface area contributed by atoms with Gasteiger partial charge in [0.05, 0.1) is 11.0 Å². The highest BCUT2D eigenvalue weighted by Crippen LogP contribution is 2.22. The Morgan fingerprint density at radius 3 is 2.83 bits per heavy atom. The van der Waals surface area contributed by atoms with Crippen LogP contribution < -0.4 is 0 Å². The fraction of sp³-hybridized carbons (Fsp3) is 0.462. The van der Waals surface area contributed by atoms with E-state index in [0.29, 0.717) is 0 Å². The van der Waals surface area contributed by atoms with Crippen LogP contribution in [0.5, 0.6) is 5.75 Å². The molecule has 0 aliphatic heterocycles. The number of H-pyrrole nitrogens is 1. The number of aromatic nitrogens is 2. The summed E-state index contributed by atoms with van der Waals surface area (Å²) >= 11 is 1.72. The molecule has 18 heavy (non-hydrogen) atoms.